The van der Waals surface area contributed by atoms with Crippen LogP contribution in [0.1, 0.15) is 24.0 Å². The van der Waals surface area contributed by atoms with Gasteiger partial charge in [-0.3, -0.25) is 0 Å². The molecule has 1 heterocycles. The number of nitrogens with one attached hydrogen (secondary N) is 1. The second kappa shape index (κ2) is 4.23. The van der Waals surface area contributed by atoms with Gasteiger partial charge in [-0.05, 0) is 47.8 Å². The minimum absolute atomic E-state index is 0.104. The molecule has 2 atom stereocenters. The Hall–Kier alpha value is -2.54. The van der Waals surface area contributed by atoms with E-state index in [1.54, 1.807) is 18.2 Å². The van der Waals surface area contributed by atoms with Crippen LogP contribution in [0, 0.1) is 18.3 Å². The summed E-state index contributed by atoms with van der Waals surface area (Å²) < 4.78 is 0. The Balaban J connectivity index is 1.99. The van der Waals surface area contributed by atoms with E-state index in [1.807, 2.05) is 0 Å². The van der Waals surface area contributed by atoms with Crippen molar-refractivity contribution < 1.29 is 15.3 Å². The summed E-state index contributed by atoms with van der Waals surface area (Å²) in [6, 6.07) is 3.23. The molecule has 1 unspecified atom stereocenters. The van der Waals surface area contributed by atoms with Gasteiger partial charge in [0.25, 0.3) is 0 Å². The Kier molecular flexibility index (Phi) is 2.53. The van der Waals surface area contributed by atoms with Crippen molar-refractivity contribution in [3.05, 3.63) is 46.4 Å². The van der Waals surface area contributed by atoms with Crippen LogP contribution in [0.25, 0.3) is 0 Å². The predicted molar refractivity (Wildman–Crippen MR) is 82.5 cm³/mol. The number of benzene rings is 1. The summed E-state index contributed by atoms with van der Waals surface area (Å²) in [6.07, 6.45) is 9.79. The summed E-state index contributed by atoms with van der Waals surface area (Å²) in [5, 5.41) is 32.8. The molecule has 1 aromatic carbocycles. The van der Waals surface area contributed by atoms with Crippen LogP contribution < -0.4 is 5.32 Å². The molecule has 0 radical (unpaired) electrons. The molecule has 0 fully saturated rings. The number of terminal acetylenes is 1. The molecule has 4 rings (SSSR count). The van der Waals surface area contributed by atoms with Gasteiger partial charge in [0.05, 0.1) is 11.2 Å². The Morgan fingerprint density at radius 2 is 1.95 bits per heavy atom. The zero-order valence-electron chi connectivity index (χ0n) is 12.1. The second-order valence-corrected chi connectivity index (χ2v) is 6.26. The number of hydrogen-bond donors (Lipinski definition) is 4. The summed E-state index contributed by atoms with van der Waals surface area (Å²) in [4.78, 5) is 0. The Morgan fingerprint density at radius 3 is 2.73 bits per heavy atom. The third kappa shape index (κ3) is 1.48. The van der Waals surface area contributed by atoms with Crippen molar-refractivity contribution in [1.29, 1.82) is 0 Å². The normalized spacial score (nSPS) is 28.9. The summed E-state index contributed by atoms with van der Waals surface area (Å²) in [6.45, 7) is 0.711. The van der Waals surface area contributed by atoms with Crippen molar-refractivity contribution in [3.8, 4) is 23.8 Å². The number of aliphatic hydroxyl groups excluding tert-OH is 1. The van der Waals surface area contributed by atoms with E-state index in [1.165, 1.54) is 0 Å². The van der Waals surface area contributed by atoms with Crippen LogP contribution in [-0.2, 0) is 11.8 Å². The van der Waals surface area contributed by atoms with Gasteiger partial charge in [0.2, 0.25) is 0 Å². The molecule has 3 aliphatic rings. The van der Waals surface area contributed by atoms with Crippen LogP contribution >= 0.6 is 0 Å². The minimum Gasteiger partial charge on any atom is -0.512 e. The summed E-state index contributed by atoms with van der Waals surface area (Å²) in [7, 11) is 0. The molecular formula is C18H17NO3. The van der Waals surface area contributed by atoms with E-state index in [0.717, 1.165) is 28.8 Å². The number of fused-ring (bicyclic) bond motifs is 4. The van der Waals surface area contributed by atoms with Crippen molar-refractivity contribution in [2.24, 2.45) is 5.92 Å². The number of phenolic OH excluding ortho intramolecular Hbond substituents is 2. The Morgan fingerprint density at radius 1 is 1.18 bits per heavy atom. The van der Waals surface area contributed by atoms with E-state index in [9.17, 15) is 15.3 Å². The van der Waals surface area contributed by atoms with Gasteiger partial charge < -0.3 is 20.6 Å². The zero-order chi connectivity index (χ0) is 15.5. The SMILES string of the molecule is C#C[C@@]12C3=C(C=C(O)CC3)NCC1Cc1cc(O)c(O)cc12. The highest BCUT2D eigenvalue weighted by Crippen LogP contribution is 2.54. The summed E-state index contributed by atoms with van der Waals surface area (Å²) >= 11 is 0. The first-order chi connectivity index (χ1) is 10.6. The van der Waals surface area contributed by atoms with Gasteiger partial charge in [-0.25, -0.2) is 0 Å². The van der Waals surface area contributed by atoms with Gasteiger partial charge in [0.1, 0.15) is 0 Å². The molecular weight excluding hydrogens is 278 g/mol. The molecule has 22 heavy (non-hydrogen) atoms. The molecule has 0 saturated carbocycles. The first kappa shape index (κ1) is 13.1. The molecule has 0 aromatic heterocycles. The van der Waals surface area contributed by atoms with E-state index in [0.29, 0.717) is 25.1 Å². The van der Waals surface area contributed by atoms with Crippen LogP contribution in [0.15, 0.2) is 35.2 Å². The lowest BCUT2D eigenvalue weighted by molar-refractivity contribution is 0.341. The molecule has 0 bridgehead atoms. The van der Waals surface area contributed by atoms with E-state index < -0.39 is 5.41 Å². The fourth-order valence-electron chi connectivity index (χ4n) is 4.23. The maximum Gasteiger partial charge on any atom is 0.157 e. The van der Waals surface area contributed by atoms with Crippen LogP contribution in [0.3, 0.4) is 0 Å². The number of hydrogen-bond acceptors (Lipinski definition) is 4. The standard InChI is InChI=1S/C18H17NO3/c1-2-18-11(5-10-6-16(21)17(22)8-14(10)18)9-19-15-7-12(20)3-4-13(15)18/h1,6-8,11,19-22H,3-5,9H2/t11?,18-/m0/s1. The maximum absolute atomic E-state index is 9.92. The van der Waals surface area contributed by atoms with Crippen molar-refractivity contribution in [1.82, 2.24) is 5.32 Å². The van der Waals surface area contributed by atoms with E-state index in [-0.39, 0.29) is 17.4 Å². The molecule has 0 amide bonds. The highest BCUT2D eigenvalue weighted by molar-refractivity contribution is 5.62. The lowest BCUT2D eigenvalue weighted by Crippen LogP contribution is -2.45. The Bertz CT molecular complexity index is 784. The van der Waals surface area contributed by atoms with Gasteiger partial charge in [0, 0.05) is 24.6 Å². The van der Waals surface area contributed by atoms with Gasteiger partial charge >= 0.3 is 0 Å². The van der Waals surface area contributed by atoms with Crippen LogP contribution in [-0.4, -0.2) is 21.9 Å². The number of rotatable bonds is 0. The first-order valence-corrected chi connectivity index (χ1v) is 7.46. The quantitative estimate of drug-likeness (QED) is 0.437. The molecule has 1 aliphatic heterocycles. The second-order valence-electron chi connectivity index (χ2n) is 6.26. The number of aliphatic hydroxyl groups is 1. The largest absolute Gasteiger partial charge is 0.512 e. The minimum atomic E-state index is -0.557. The maximum atomic E-state index is 9.92. The summed E-state index contributed by atoms with van der Waals surface area (Å²) in [5.74, 6) is 3.32. The molecule has 4 N–H and O–H groups in total. The Labute approximate surface area is 128 Å². The van der Waals surface area contributed by atoms with Gasteiger partial charge in [-0.15, -0.1) is 6.42 Å². The third-order valence-electron chi connectivity index (χ3n) is 5.21. The number of phenols is 2. The lowest BCUT2D eigenvalue weighted by atomic mass is 9.65. The monoisotopic (exact) mass is 295 g/mol. The van der Waals surface area contributed by atoms with Gasteiger partial charge in [-0.2, -0.15) is 0 Å². The van der Waals surface area contributed by atoms with Gasteiger partial charge in [0.15, 0.2) is 11.5 Å². The van der Waals surface area contributed by atoms with Gasteiger partial charge in [-0.1, -0.05) is 5.92 Å². The smallest absolute Gasteiger partial charge is 0.157 e. The van der Waals surface area contributed by atoms with Crippen molar-refractivity contribution >= 4 is 0 Å². The molecule has 112 valence electrons. The van der Waals surface area contributed by atoms with Crippen molar-refractivity contribution in [2.75, 3.05) is 6.54 Å². The fourth-order valence-corrected chi connectivity index (χ4v) is 4.23. The van der Waals surface area contributed by atoms with E-state index in [4.69, 9.17) is 6.42 Å². The molecule has 4 heteroatoms. The van der Waals surface area contributed by atoms with Crippen molar-refractivity contribution in [3.63, 3.8) is 0 Å². The highest BCUT2D eigenvalue weighted by atomic mass is 16.3. The average Bonchev–Trinajstić information content (AvgIpc) is 2.81. The van der Waals surface area contributed by atoms with E-state index in [2.05, 4.69) is 11.2 Å². The van der Waals surface area contributed by atoms with Crippen LogP contribution in [0.4, 0.5) is 0 Å². The molecule has 0 saturated heterocycles. The first-order valence-electron chi connectivity index (χ1n) is 7.46. The average molecular weight is 295 g/mol. The highest BCUT2D eigenvalue weighted by Gasteiger charge is 2.51. The molecule has 0 spiro atoms. The topological polar surface area (TPSA) is 72.7 Å². The third-order valence-corrected chi connectivity index (χ3v) is 5.21. The predicted octanol–water partition coefficient (Wildman–Crippen LogP) is 2.23. The summed E-state index contributed by atoms with van der Waals surface area (Å²) in [5.41, 5.74) is 3.36. The fraction of sp³-hybridized carbons (Fsp3) is 0.333. The van der Waals surface area contributed by atoms with Crippen molar-refractivity contribution in [2.45, 2.75) is 24.7 Å². The van der Waals surface area contributed by atoms with Crippen LogP contribution in [0.2, 0.25) is 0 Å². The van der Waals surface area contributed by atoms with Crippen LogP contribution in [0.5, 0.6) is 11.5 Å². The van der Waals surface area contributed by atoms with E-state index >= 15 is 0 Å². The molecule has 4 nitrogen and oxygen atoms in total. The number of aromatic hydroxyl groups is 2. The molecule has 2 aliphatic carbocycles. The molecule has 1 aromatic rings. The number of allylic oxidation sites excluding steroid dienone is 3. The zero-order valence-corrected chi connectivity index (χ0v) is 12.1. The lowest BCUT2D eigenvalue weighted by Gasteiger charge is -2.41.